The molecule has 1 aromatic rings. The number of anilines is 1. The van der Waals surface area contributed by atoms with E-state index < -0.39 is 0 Å². The van der Waals surface area contributed by atoms with Crippen molar-refractivity contribution in [1.82, 2.24) is 9.97 Å². The van der Waals surface area contributed by atoms with Crippen molar-refractivity contribution in [2.45, 2.75) is 48.0 Å². The molecule has 0 atom stereocenters. The monoisotopic (exact) mass is 339 g/mol. The van der Waals surface area contributed by atoms with Gasteiger partial charge in [-0.25, -0.2) is 9.97 Å². The lowest BCUT2D eigenvalue weighted by atomic mass is 10.4. The van der Waals surface area contributed by atoms with Crippen LogP contribution in [-0.4, -0.2) is 17.1 Å². The molecule has 1 N–H and O–H groups in total. The van der Waals surface area contributed by atoms with E-state index in [1.54, 1.807) is 18.5 Å². The molecule has 0 saturated carbocycles. The number of nitrogens with one attached hydrogen (secondary N) is 1. The zero-order valence-electron chi connectivity index (χ0n) is 16.8. The van der Waals surface area contributed by atoms with Crippen LogP contribution in [0.1, 0.15) is 46.6 Å². The fraction of sp³-hybridized carbons (Fsp3) is 0.400. The summed E-state index contributed by atoms with van der Waals surface area (Å²) in [6.07, 6.45) is 8.43. The van der Waals surface area contributed by atoms with Gasteiger partial charge in [-0.2, -0.15) is 0 Å². The summed E-state index contributed by atoms with van der Waals surface area (Å²) in [5.74, 6) is 0.596. The highest BCUT2D eigenvalue weighted by molar-refractivity contribution is 5.38. The van der Waals surface area contributed by atoms with Gasteiger partial charge in [0.05, 0.1) is 7.18 Å². The van der Waals surface area contributed by atoms with Crippen molar-refractivity contribution in [3.63, 3.8) is 0 Å². The van der Waals surface area contributed by atoms with E-state index in [1.807, 2.05) is 33.8 Å². The average molecular weight is 340 g/mol. The van der Waals surface area contributed by atoms with Gasteiger partial charge < -0.3 is 5.32 Å². The van der Waals surface area contributed by atoms with Gasteiger partial charge >= 0.3 is 0 Å². The minimum absolute atomic E-state index is 0.500. The highest BCUT2D eigenvalue weighted by atomic mass is 19.1. The fourth-order valence-electron chi connectivity index (χ4n) is 0.827. The lowest BCUT2D eigenvalue weighted by molar-refractivity contribution is 0.636. The molecule has 0 bridgehead atoms. The molecule has 0 amide bonds. The first-order valence-electron chi connectivity index (χ1n) is 7.90. The quantitative estimate of drug-likeness (QED) is 0.480. The van der Waals surface area contributed by atoms with Crippen LogP contribution in [0.3, 0.4) is 0 Å². The first kappa shape index (κ1) is 33.4. The van der Waals surface area contributed by atoms with Crippen LogP contribution in [0.15, 0.2) is 63.1 Å². The number of alkyl halides is 1. The van der Waals surface area contributed by atoms with E-state index in [-0.39, 0.29) is 0 Å². The molecular formula is C20H38FN3. The number of hydrogen-bond acceptors (Lipinski definition) is 3. The minimum atomic E-state index is 0.500. The number of rotatable bonds is 3. The smallest absolute Gasteiger partial charge is 0.227 e. The summed E-state index contributed by atoms with van der Waals surface area (Å²) in [7, 11) is 0.500. The Hall–Kier alpha value is -2.23. The molecular weight excluding hydrogens is 301 g/mol. The van der Waals surface area contributed by atoms with Crippen LogP contribution in [0.4, 0.5) is 10.3 Å². The molecule has 0 saturated heterocycles. The van der Waals surface area contributed by atoms with Crippen LogP contribution < -0.4 is 5.32 Å². The second-order valence-electron chi connectivity index (χ2n) is 3.36. The maximum Gasteiger partial charge on any atom is 0.227 e. The van der Waals surface area contributed by atoms with Crippen LogP contribution in [0.2, 0.25) is 0 Å². The SMILES string of the molecule is C=C.C=C.C=C/C(=C\C)Nc1ncc(C)cn1.CC.CCC.CF. The summed E-state index contributed by atoms with van der Waals surface area (Å²) >= 11 is 0. The van der Waals surface area contributed by atoms with E-state index in [4.69, 9.17) is 0 Å². The predicted molar refractivity (Wildman–Crippen MR) is 111 cm³/mol. The van der Waals surface area contributed by atoms with E-state index in [9.17, 15) is 4.39 Å². The number of aryl methyl sites for hydroxylation is 1. The summed E-state index contributed by atoms with van der Waals surface area (Å²) in [5, 5.41) is 3.03. The molecule has 1 aromatic heterocycles. The Morgan fingerprint density at radius 2 is 1.42 bits per heavy atom. The number of aromatic nitrogens is 2. The standard InChI is InChI=1S/C10H13N3.C3H8.C2H6.2C2H4.CH3F/c1-4-9(5-2)13-10-11-6-8(3)7-12-10;1-3-2;4*1-2/h4-7H,1H2,2-3H3,(H,11,12,13);3H2,1-2H3;1-2H3;2*1-2H2;1H3/b9-5+;;;;;. The van der Waals surface area contributed by atoms with Crippen LogP contribution in [0.5, 0.6) is 0 Å². The second kappa shape index (κ2) is 37.2. The molecule has 0 aliphatic rings. The zero-order chi connectivity index (χ0) is 20.4. The summed E-state index contributed by atoms with van der Waals surface area (Å²) < 4.78 is 9.50. The number of allylic oxidation sites excluding steroid dienone is 2. The molecule has 1 heterocycles. The molecule has 0 aliphatic heterocycles. The van der Waals surface area contributed by atoms with E-state index in [1.165, 1.54) is 6.42 Å². The van der Waals surface area contributed by atoms with Gasteiger partial charge in [-0.15, -0.1) is 26.3 Å². The minimum Gasteiger partial charge on any atom is -0.325 e. The zero-order valence-corrected chi connectivity index (χ0v) is 16.8. The molecule has 140 valence electrons. The van der Waals surface area contributed by atoms with Gasteiger partial charge in [0.25, 0.3) is 0 Å². The third-order valence-electron chi connectivity index (χ3n) is 1.57. The lowest BCUT2D eigenvalue weighted by Gasteiger charge is -2.03. The van der Waals surface area contributed by atoms with E-state index >= 15 is 0 Å². The third-order valence-corrected chi connectivity index (χ3v) is 1.57. The van der Waals surface area contributed by atoms with Crippen molar-refractivity contribution >= 4 is 5.95 Å². The predicted octanol–water partition coefficient (Wildman–Crippen LogP) is 6.92. The lowest BCUT2D eigenvalue weighted by Crippen LogP contribution is -2.00. The van der Waals surface area contributed by atoms with Crippen molar-refractivity contribution in [1.29, 1.82) is 0 Å². The number of nitrogens with zero attached hydrogens (tertiary/aromatic N) is 2. The maximum absolute atomic E-state index is 9.50. The first-order valence-corrected chi connectivity index (χ1v) is 7.90. The van der Waals surface area contributed by atoms with Gasteiger partial charge in [-0.3, -0.25) is 4.39 Å². The van der Waals surface area contributed by atoms with Crippen LogP contribution in [-0.2, 0) is 0 Å². The van der Waals surface area contributed by atoms with Crippen molar-refractivity contribution in [2.75, 3.05) is 12.5 Å². The molecule has 0 radical (unpaired) electrons. The Labute approximate surface area is 150 Å². The third kappa shape index (κ3) is 28.0. The number of halogens is 1. The van der Waals surface area contributed by atoms with Crippen LogP contribution >= 0.6 is 0 Å². The van der Waals surface area contributed by atoms with Gasteiger partial charge in [0.2, 0.25) is 5.95 Å². The number of hydrogen-bond donors (Lipinski definition) is 1. The highest BCUT2D eigenvalue weighted by Crippen LogP contribution is 2.03. The van der Waals surface area contributed by atoms with Crippen molar-refractivity contribution in [2.24, 2.45) is 0 Å². The molecule has 3 nitrogen and oxygen atoms in total. The van der Waals surface area contributed by atoms with E-state index in [2.05, 4.69) is 62.0 Å². The van der Waals surface area contributed by atoms with Gasteiger partial charge in [-0.1, -0.05) is 46.8 Å². The molecule has 1 rings (SSSR count). The fourth-order valence-corrected chi connectivity index (χ4v) is 0.827. The largest absolute Gasteiger partial charge is 0.325 e. The summed E-state index contributed by atoms with van der Waals surface area (Å²) in [4.78, 5) is 8.21. The van der Waals surface area contributed by atoms with Gasteiger partial charge in [0.15, 0.2) is 0 Å². The molecule has 0 aromatic carbocycles. The summed E-state index contributed by atoms with van der Waals surface area (Å²) in [6.45, 7) is 27.8. The Morgan fingerprint density at radius 1 is 1.08 bits per heavy atom. The van der Waals surface area contributed by atoms with Crippen molar-refractivity contribution in [3.05, 3.63) is 68.7 Å². The second-order valence-corrected chi connectivity index (χ2v) is 3.36. The van der Waals surface area contributed by atoms with E-state index in [0.29, 0.717) is 13.1 Å². The van der Waals surface area contributed by atoms with Crippen molar-refractivity contribution in [3.8, 4) is 0 Å². The van der Waals surface area contributed by atoms with E-state index in [0.717, 1.165) is 11.3 Å². The average Bonchev–Trinajstić information content (AvgIpc) is 2.68. The maximum atomic E-state index is 9.50. The van der Waals surface area contributed by atoms with Gasteiger partial charge in [0, 0.05) is 18.1 Å². The van der Waals surface area contributed by atoms with Gasteiger partial charge in [0.1, 0.15) is 0 Å². The summed E-state index contributed by atoms with van der Waals surface area (Å²) in [5.41, 5.74) is 1.95. The molecule has 0 fully saturated rings. The molecule has 4 heteroatoms. The molecule has 0 spiro atoms. The Morgan fingerprint density at radius 3 is 1.67 bits per heavy atom. The van der Waals surface area contributed by atoms with Crippen LogP contribution in [0.25, 0.3) is 0 Å². The highest BCUT2D eigenvalue weighted by Gasteiger charge is 1.94. The van der Waals surface area contributed by atoms with Gasteiger partial charge in [-0.05, 0) is 25.5 Å². The topological polar surface area (TPSA) is 37.8 Å². The Balaban J connectivity index is -0.0000000924. The summed E-state index contributed by atoms with van der Waals surface area (Å²) in [6, 6.07) is 0. The first-order chi connectivity index (χ1) is 11.7. The normalized spacial score (nSPS) is 7.58. The molecule has 24 heavy (non-hydrogen) atoms. The van der Waals surface area contributed by atoms with Crippen LogP contribution in [0, 0.1) is 6.92 Å². The molecule has 0 aliphatic carbocycles. The Kier molecular flexibility index (Phi) is 51.8. The Bertz CT molecular complexity index is 358. The van der Waals surface area contributed by atoms with Crippen molar-refractivity contribution < 1.29 is 4.39 Å². The molecule has 0 unspecified atom stereocenters.